The number of aromatic nitrogens is 4. The monoisotopic (exact) mass is 509 g/mol. The van der Waals surface area contributed by atoms with Gasteiger partial charge in [-0.15, -0.1) is 5.10 Å². The molecule has 8 nitrogen and oxygen atoms in total. The van der Waals surface area contributed by atoms with Gasteiger partial charge < -0.3 is 10.1 Å². The van der Waals surface area contributed by atoms with Crippen LogP contribution < -0.4 is 10.1 Å². The number of nitrogens with zero attached hydrogens (tertiary/aromatic N) is 4. The molecular weight excluding hydrogens is 494 g/mol. The van der Waals surface area contributed by atoms with Crippen LogP contribution in [0.1, 0.15) is 0 Å². The Morgan fingerprint density at radius 2 is 1.69 bits per heavy atom. The van der Waals surface area contributed by atoms with Crippen molar-refractivity contribution in [2.45, 2.75) is 9.92 Å². The molecule has 0 unspecified atom stereocenters. The van der Waals surface area contributed by atoms with Crippen molar-refractivity contribution in [1.29, 1.82) is 0 Å². The Kier molecular flexibility index (Phi) is 5.03. The summed E-state index contributed by atoms with van der Waals surface area (Å²) in [5.74, 6) is 1.22. The van der Waals surface area contributed by atoms with Gasteiger partial charge in [0.1, 0.15) is 11.6 Å². The van der Waals surface area contributed by atoms with Gasteiger partial charge in [-0.2, -0.15) is 4.52 Å². The molecule has 2 aromatic heterocycles. The van der Waals surface area contributed by atoms with Crippen LogP contribution in [0.3, 0.4) is 0 Å². The highest BCUT2D eigenvalue weighted by Gasteiger charge is 2.27. The molecule has 0 aliphatic heterocycles. The van der Waals surface area contributed by atoms with Crippen LogP contribution in [0.25, 0.3) is 16.6 Å². The van der Waals surface area contributed by atoms with Crippen LogP contribution in [0.2, 0.25) is 0 Å². The quantitative estimate of drug-likeness (QED) is 0.368. The van der Waals surface area contributed by atoms with E-state index in [0.29, 0.717) is 11.3 Å². The van der Waals surface area contributed by atoms with Crippen molar-refractivity contribution < 1.29 is 13.2 Å². The number of hydrogen-bond donors (Lipinski definition) is 1. The van der Waals surface area contributed by atoms with E-state index < -0.39 is 9.84 Å². The Morgan fingerprint density at radius 1 is 0.969 bits per heavy atom. The molecule has 5 aromatic rings. The lowest BCUT2D eigenvalue weighted by Crippen LogP contribution is -2.05. The minimum absolute atomic E-state index is 0.114. The molecule has 0 radical (unpaired) electrons. The molecule has 10 heteroatoms. The van der Waals surface area contributed by atoms with Crippen LogP contribution in [0.5, 0.6) is 5.75 Å². The number of ether oxygens (including phenoxy) is 1. The van der Waals surface area contributed by atoms with Crippen molar-refractivity contribution in [3.8, 4) is 5.75 Å². The van der Waals surface area contributed by atoms with Crippen molar-refractivity contribution >= 4 is 53.8 Å². The maximum atomic E-state index is 13.3. The van der Waals surface area contributed by atoms with E-state index in [1.54, 1.807) is 19.2 Å². The molecule has 0 aliphatic carbocycles. The fraction of sp³-hybridized carbons (Fsp3) is 0.0455. The van der Waals surface area contributed by atoms with E-state index in [1.165, 1.54) is 16.6 Å². The minimum atomic E-state index is -3.93. The molecule has 0 spiro atoms. The van der Waals surface area contributed by atoms with Gasteiger partial charge >= 0.3 is 0 Å². The van der Waals surface area contributed by atoms with E-state index in [9.17, 15) is 8.42 Å². The third-order valence-corrected chi connectivity index (χ3v) is 7.15. The van der Waals surface area contributed by atoms with E-state index >= 15 is 0 Å². The lowest BCUT2D eigenvalue weighted by Gasteiger charge is -2.11. The van der Waals surface area contributed by atoms with Gasteiger partial charge in [-0.25, -0.2) is 13.4 Å². The van der Waals surface area contributed by atoms with Crippen LogP contribution in [-0.2, 0) is 9.84 Å². The summed E-state index contributed by atoms with van der Waals surface area (Å²) in [4.78, 5) is 4.73. The minimum Gasteiger partial charge on any atom is -0.497 e. The molecule has 0 amide bonds. The van der Waals surface area contributed by atoms with Gasteiger partial charge in [0, 0.05) is 15.5 Å². The third-order valence-electron chi connectivity index (χ3n) is 4.95. The number of hydrogen-bond acceptors (Lipinski definition) is 7. The van der Waals surface area contributed by atoms with Crippen LogP contribution >= 0.6 is 15.9 Å². The van der Waals surface area contributed by atoms with E-state index in [4.69, 9.17) is 4.74 Å². The van der Waals surface area contributed by atoms with Gasteiger partial charge in [-0.1, -0.05) is 33.3 Å². The van der Waals surface area contributed by atoms with Gasteiger partial charge in [0.15, 0.2) is 5.65 Å². The summed E-state index contributed by atoms with van der Waals surface area (Å²) in [6.45, 7) is 0. The second-order valence-electron chi connectivity index (χ2n) is 6.92. The Labute approximate surface area is 191 Å². The second kappa shape index (κ2) is 7.88. The van der Waals surface area contributed by atoms with Crippen molar-refractivity contribution in [3.05, 3.63) is 77.3 Å². The van der Waals surface area contributed by atoms with Gasteiger partial charge in [-0.3, -0.25) is 0 Å². The molecule has 0 saturated heterocycles. The topological polar surface area (TPSA) is 98.5 Å². The molecule has 2 heterocycles. The summed E-state index contributed by atoms with van der Waals surface area (Å²) in [6, 6.07) is 21.2. The van der Waals surface area contributed by atoms with Crippen LogP contribution in [-0.4, -0.2) is 35.3 Å². The molecule has 32 heavy (non-hydrogen) atoms. The third kappa shape index (κ3) is 3.47. The lowest BCUT2D eigenvalue weighted by molar-refractivity contribution is 0.415. The number of fused-ring (bicyclic) bond motifs is 3. The average Bonchev–Trinajstić information content (AvgIpc) is 3.25. The number of nitrogens with one attached hydrogen (secondary N) is 1. The Bertz CT molecular complexity index is 1550. The first-order valence-corrected chi connectivity index (χ1v) is 11.8. The fourth-order valence-electron chi connectivity index (χ4n) is 3.35. The summed E-state index contributed by atoms with van der Waals surface area (Å²) in [5.41, 5.74) is 1.60. The van der Waals surface area contributed by atoms with E-state index in [0.717, 1.165) is 21.3 Å². The lowest BCUT2D eigenvalue weighted by atomic mass is 10.2. The maximum absolute atomic E-state index is 13.3. The van der Waals surface area contributed by atoms with E-state index in [1.807, 2.05) is 48.5 Å². The number of methoxy groups -OCH3 is 1. The zero-order valence-electron chi connectivity index (χ0n) is 16.7. The maximum Gasteiger partial charge on any atom is 0.229 e. The van der Waals surface area contributed by atoms with Gasteiger partial charge in [-0.05, 0) is 60.7 Å². The van der Waals surface area contributed by atoms with Crippen molar-refractivity contribution in [2.24, 2.45) is 0 Å². The predicted octanol–water partition coefficient (Wildman–Crippen LogP) is 4.63. The van der Waals surface area contributed by atoms with Crippen molar-refractivity contribution in [3.63, 3.8) is 0 Å². The van der Waals surface area contributed by atoms with Crippen molar-refractivity contribution in [1.82, 2.24) is 19.8 Å². The molecule has 5 rings (SSSR count). The first kappa shape index (κ1) is 20.4. The molecule has 160 valence electrons. The zero-order chi connectivity index (χ0) is 22.3. The highest BCUT2D eigenvalue weighted by molar-refractivity contribution is 9.10. The molecule has 0 bridgehead atoms. The van der Waals surface area contributed by atoms with Crippen LogP contribution in [0.15, 0.2) is 87.2 Å². The standard InChI is InChI=1S/C22H16BrN5O3S/c1-31-16-10-8-15(9-11-16)24-20-18-4-2-3-5-19(18)28-21(25-20)22(26-27-28)32(29,30)17-12-6-14(23)7-13-17/h2-13H,1H3,(H,24,25). The number of anilines is 2. The summed E-state index contributed by atoms with van der Waals surface area (Å²) in [7, 11) is -2.33. The highest BCUT2D eigenvalue weighted by Crippen LogP contribution is 2.30. The first-order valence-electron chi connectivity index (χ1n) is 9.53. The fourth-order valence-corrected chi connectivity index (χ4v) is 4.85. The smallest absolute Gasteiger partial charge is 0.229 e. The summed E-state index contributed by atoms with van der Waals surface area (Å²) in [6.07, 6.45) is 0. The normalized spacial score (nSPS) is 11.7. The second-order valence-corrected chi connectivity index (χ2v) is 9.70. The molecule has 1 N–H and O–H groups in total. The summed E-state index contributed by atoms with van der Waals surface area (Å²) >= 11 is 3.32. The first-order chi connectivity index (χ1) is 15.5. The van der Waals surface area contributed by atoms with E-state index in [-0.39, 0.29) is 15.6 Å². The Morgan fingerprint density at radius 3 is 2.41 bits per heavy atom. The molecule has 0 aliphatic rings. The number of rotatable bonds is 5. The molecule has 0 fully saturated rings. The summed E-state index contributed by atoms with van der Waals surface area (Å²) in [5, 5.41) is 11.9. The average molecular weight is 510 g/mol. The number of benzene rings is 3. The number of sulfone groups is 1. The largest absolute Gasteiger partial charge is 0.497 e. The van der Waals surface area contributed by atoms with Crippen LogP contribution in [0, 0.1) is 0 Å². The van der Waals surface area contributed by atoms with Gasteiger partial charge in [0.05, 0.1) is 17.5 Å². The zero-order valence-corrected chi connectivity index (χ0v) is 19.1. The Hall–Kier alpha value is -3.50. The molecule has 3 aromatic carbocycles. The molecular formula is C22H16BrN5O3S. The van der Waals surface area contributed by atoms with Gasteiger partial charge in [0.25, 0.3) is 0 Å². The SMILES string of the molecule is COc1ccc(Nc2nc3c(S(=O)(=O)c4ccc(Br)cc4)nnn3c3ccccc23)cc1. The van der Waals surface area contributed by atoms with Gasteiger partial charge in [0.2, 0.25) is 14.9 Å². The number of para-hydroxylation sites is 1. The highest BCUT2D eigenvalue weighted by atomic mass is 79.9. The molecule has 0 atom stereocenters. The number of halogens is 1. The Balaban J connectivity index is 1.69. The van der Waals surface area contributed by atoms with Crippen LogP contribution in [0.4, 0.5) is 11.5 Å². The van der Waals surface area contributed by atoms with E-state index in [2.05, 4.69) is 36.5 Å². The van der Waals surface area contributed by atoms with Crippen molar-refractivity contribution in [2.75, 3.05) is 12.4 Å². The predicted molar refractivity (Wildman–Crippen MR) is 124 cm³/mol. The summed E-state index contributed by atoms with van der Waals surface area (Å²) < 4.78 is 34.0. The molecule has 0 saturated carbocycles.